The molecule has 40 heavy (non-hydrogen) atoms. The van der Waals surface area contributed by atoms with Gasteiger partial charge in [0.05, 0.1) is 17.2 Å². The SMILES string of the molecule is CCCNC(=O)[C@@H](C)N(Cc1ccc(Cl)cc1Cl)C(=O)CN(c1ccccc1OCC)S(=O)(=O)c1ccccc1. The second-order valence-corrected chi connectivity index (χ2v) is 11.7. The fourth-order valence-corrected chi connectivity index (χ4v) is 5.90. The van der Waals surface area contributed by atoms with Gasteiger partial charge in [-0.2, -0.15) is 0 Å². The standard InChI is InChI=1S/C29H33Cl2N3O5S/c1-4-17-32-29(36)21(3)33(19-22-15-16-23(30)18-25(22)31)28(35)20-34(26-13-9-10-14-27(26)39-5-2)40(37,38)24-11-7-6-8-12-24/h6-16,18,21H,4-5,17,19-20H2,1-3H3,(H,32,36)/t21-/m1/s1. The zero-order chi connectivity index (χ0) is 29.3. The Morgan fingerprint density at radius 3 is 2.30 bits per heavy atom. The van der Waals surface area contributed by atoms with Crippen LogP contribution in [0.4, 0.5) is 5.69 Å². The lowest BCUT2D eigenvalue weighted by molar-refractivity contribution is -0.139. The lowest BCUT2D eigenvalue weighted by atomic mass is 10.1. The Kier molecular flexibility index (Phi) is 11.2. The molecule has 0 aliphatic carbocycles. The number of para-hydroxylation sites is 2. The zero-order valence-corrected chi connectivity index (χ0v) is 25.0. The van der Waals surface area contributed by atoms with E-state index in [1.165, 1.54) is 17.0 Å². The average molecular weight is 607 g/mol. The molecular formula is C29H33Cl2N3O5S. The van der Waals surface area contributed by atoms with E-state index in [-0.39, 0.29) is 23.0 Å². The van der Waals surface area contributed by atoms with E-state index >= 15 is 0 Å². The first-order valence-corrected chi connectivity index (χ1v) is 15.1. The molecular weight excluding hydrogens is 573 g/mol. The van der Waals surface area contributed by atoms with Gasteiger partial charge in [-0.3, -0.25) is 13.9 Å². The van der Waals surface area contributed by atoms with Gasteiger partial charge < -0.3 is 15.0 Å². The molecule has 0 aliphatic rings. The van der Waals surface area contributed by atoms with Crippen molar-refractivity contribution >= 4 is 50.7 Å². The molecule has 0 aromatic heterocycles. The van der Waals surface area contributed by atoms with Gasteiger partial charge in [-0.15, -0.1) is 0 Å². The van der Waals surface area contributed by atoms with E-state index in [4.69, 9.17) is 27.9 Å². The Bertz CT molecular complexity index is 1420. The highest BCUT2D eigenvalue weighted by Crippen LogP contribution is 2.33. The molecule has 0 heterocycles. The number of hydrogen-bond donors (Lipinski definition) is 1. The van der Waals surface area contributed by atoms with Crippen LogP contribution in [-0.2, 0) is 26.2 Å². The number of rotatable bonds is 13. The molecule has 11 heteroatoms. The largest absolute Gasteiger partial charge is 0.492 e. The topological polar surface area (TPSA) is 96.0 Å². The summed E-state index contributed by atoms with van der Waals surface area (Å²) in [5.41, 5.74) is 0.760. The third kappa shape index (κ3) is 7.68. The van der Waals surface area contributed by atoms with Crippen LogP contribution in [-0.4, -0.2) is 50.9 Å². The van der Waals surface area contributed by atoms with Crippen LogP contribution < -0.4 is 14.4 Å². The summed E-state index contributed by atoms with van der Waals surface area (Å²) in [4.78, 5) is 28.3. The van der Waals surface area contributed by atoms with Gasteiger partial charge in [-0.1, -0.05) is 66.5 Å². The molecule has 0 saturated carbocycles. The van der Waals surface area contributed by atoms with E-state index < -0.39 is 28.5 Å². The Morgan fingerprint density at radius 1 is 0.975 bits per heavy atom. The van der Waals surface area contributed by atoms with Crippen molar-refractivity contribution in [1.82, 2.24) is 10.2 Å². The van der Waals surface area contributed by atoms with E-state index in [9.17, 15) is 18.0 Å². The Hall–Kier alpha value is -3.27. The predicted octanol–water partition coefficient (Wildman–Crippen LogP) is 5.53. The molecule has 3 aromatic rings. The van der Waals surface area contributed by atoms with Crippen LogP contribution in [0.15, 0.2) is 77.7 Å². The highest BCUT2D eigenvalue weighted by molar-refractivity contribution is 7.92. The summed E-state index contributed by atoms with van der Waals surface area (Å²) in [6.07, 6.45) is 0.715. The van der Waals surface area contributed by atoms with Crippen molar-refractivity contribution in [2.45, 2.75) is 44.7 Å². The number of benzene rings is 3. The minimum atomic E-state index is -4.21. The van der Waals surface area contributed by atoms with Gasteiger partial charge in [0.15, 0.2) is 0 Å². The summed E-state index contributed by atoms with van der Waals surface area (Å²) in [7, 11) is -4.21. The number of ether oxygens (including phenoxy) is 1. The van der Waals surface area contributed by atoms with Crippen molar-refractivity contribution in [2.75, 3.05) is 24.0 Å². The molecule has 214 valence electrons. The third-order valence-corrected chi connectivity index (χ3v) is 8.48. The maximum atomic E-state index is 14.0. The van der Waals surface area contributed by atoms with Gasteiger partial charge in [-0.25, -0.2) is 8.42 Å². The minimum Gasteiger partial charge on any atom is -0.492 e. The minimum absolute atomic E-state index is 0.00938. The van der Waals surface area contributed by atoms with Gasteiger partial charge in [0, 0.05) is 23.1 Å². The quantitative estimate of drug-likeness (QED) is 0.276. The predicted molar refractivity (Wildman–Crippen MR) is 158 cm³/mol. The van der Waals surface area contributed by atoms with Crippen LogP contribution in [0.1, 0.15) is 32.8 Å². The fraction of sp³-hybridized carbons (Fsp3) is 0.310. The Balaban J connectivity index is 2.08. The number of hydrogen-bond acceptors (Lipinski definition) is 5. The molecule has 1 atom stereocenters. The summed E-state index contributed by atoms with van der Waals surface area (Å²) in [5.74, 6) is -0.665. The molecule has 0 radical (unpaired) electrons. The first kappa shape index (κ1) is 31.3. The van der Waals surface area contributed by atoms with Crippen molar-refractivity contribution in [3.8, 4) is 5.75 Å². The molecule has 2 amide bonds. The van der Waals surface area contributed by atoms with Gasteiger partial charge in [0.25, 0.3) is 10.0 Å². The molecule has 3 aromatic carbocycles. The normalized spacial score (nSPS) is 11.9. The second-order valence-electron chi connectivity index (χ2n) is 8.95. The van der Waals surface area contributed by atoms with Crippen LogP contribution in [0, 0.1) is 0 Å². The molecule has 1 N–H and O–H groups in total. The van der Waals surface area contributed by atoms with E-state index in [1.54, 1.807) is 74.5 Å². The fourth-order valence-electron chi connectivity index (χ4n) is 3.99. The van der Waals surface area contributed by atoms with Crippen LogP contribution in [0.5, 0.6) is 5.75 Å². The molecule has 0 bridgehead atoms. The van der Waals surface area contributed by atoms with Crippen molar-refractivity contribution in [3.63, 3.8) is 0 Å². The van der Waals surface area contributed by atoms with E-state index in [0.29, 0.717) is 40.9 Å². The third-order valence-electron chi connectivity index (χ3n) is 6.12. The maximum absolute atomic E-state index is 14.0. The summed E-state index contributed by atoms with van der Waals surface area (Å²) in [6.45, 7) is 5.40. The smallest absolute Gasteiger partial charge is 0.264 e. The van der Waals surface area contributed by atoms with Crippen LogP contribution in [0.2, 0.25) is 10.0 Å². The molecule has 0 aliphatic heterocycles. The van der Waals surface area contributed by atoms with E-state index in [2.05, 4.69) is 5.32 Å². The van der Waals surface area contributed by atoms with Gasteiger partial charge in [0.1, 0.15) is 18.3 Å². The number of carbonyl (C=O) groups is 2. The first-order valence-electron chi connectivity index (χ1n) is 12.9. The summed E-state index contributed by atoms with van der Waals surface area (Å²) < 4.78 is 34.6. The highest BCUT2D eigenvalue weighted by Gasteiger charge is 2.34. The van der Waals surface area contributed by atoms with E-state index in [1.807, 2.05) is 6.92 Å². The van der Waals surface area contributed by atoms with Gasteiger partial charge in [0.2, 0.25) is 11.8 Å². The number of halogens is 2. The Labute approximate surface area is 245 Å². The maximum Gasteiger partial charge on any atom is 0.264 e. The molecule has 8 nitrogen and oxygen atoms in total. The van der Waals surface area contributed by atoms with Crippen LogP contribution in [0.3, 0.4) is 0 Å². The van der Waals surface area contributed by atoms with E-state index in [0.717, 1.165) is 4.31 Å². The van der Waals surface area contributed by atoms with Gasteiger partial charge >= 0.3 is 0 Å². The summed E-state index contributed by atoms with van der Waals surface area (Å²) in [5, 5.41) is 3.55. The van der Waals surface area contributed by atoms with Crippen molar-refractivity contribution < 1.29 is 22.7 Å². The number of nitrogens with one attached hydrogen (secondary N) is 1. The average Bonchev–Trinajstić information content (AvgIpc) is 2.94. The number of nitrogens with zero attached hydrogens (tertiary/aromatic N) is 2. The molecule has 0 fully saturated rings. The number of sulfonamides is 1. The van der Waals surface area contributed by atoms with Crippen molar-refractivity contribution in [1.29, 1.82) is 0 Å². The van der Waals surface area contributed by atoms with Gasteiger partial charge in [-0.05, 0) is 62.2 Å². The number of carbonyl (C=O) groups excluding carboxylic acids is 2. The van der Waals surface area contributed by atoms with Crippen LogP contribution >= 0.6 is 23.2 Å². The lowest BCUT2D eigenvalue weighted by Gasteiger charge is -2.32. The summed E-state index contributed by atoms with van der Waals surface area (Å²) in [6, 6.07) is 18.4. The Morgan fingerprint density at radius 2 is 1.65 bits per heavy atom. The second kappa shape index (κ2) is 14.4. The number of amides is 2. The van der Waals surface area contributed by atoms with Crippen molar-refractivity contribution in [2.24, 2.45) is 0 Å². The summed E-state index contributed by atoms with van der Waals surface area (Å²) >= 11 is 12.5. The number of anilines is 1. The highest BCUT2D eigenvalue weighted by atomic mass is 35.5. The first-order chi connectivity index (χ1) is 19.1. The molecule has 0 spiro atoms. The molecule has 0 saturated heterocycles. The van der Waals surface area contributed by atoms with Crippen LogP contribution in [0.25, 0.3) is 0 Å². The lowest BCUT2D eigenvalue weighted by Crippen LogP contribution is -2.51. The molecule has 0 unspecified atom stereocenters. The van der Waals surface area contributed by atoms with Crippen molar-refractivity contribution in [3.05, 3.63) is 88.4 Å². The zero-order valence-electron chi connectivity index (χ0n) is 22.6. The monoisotopic (exact) mass is 605 g/mol. The molecule has 3 rings (SSSR count).